The Morgan fingerprint density at radius 2 is 1.84 bits per heavy atom. The fourth-order valence-electron chi connectivity index (χ4n) is 4.30. The predicted octanol–water partition coefficient (Wildman–Crippen LogP) is 3.75. The number of carbonyl (C=O) groups is 2. The molecule has 1 aliphatic heterocycles. The standard InChI is InChI=1S/C24H33N5O3/c1-15-13-29(23(31)32-24(3,4)5)16(2)12-28(15)21-18-10-7-11-19(20(18)25-14-26-21)22(30)27-17-8-6-9-17/h7,10-11,14-17H,6,8-9,12-13H2,1-5H3,(H,27,30)/t15-,16+/m0/s1. The van der Waals surface area contributed by atoms with Crippen molar-refractivity contribution in [2.75, 3.05) is 18.0 Å². The van der Waals surface area contributed by atoms with Gasteiger partial charge in [0.15, 0.2) is 0 Å². The van der Waals surface area contributed by atoms with E-state index in [0.717, 1.165) is 30.5 Å². The molecule has 2 heterocycles. The second-order valence-electron chi connectivity index (χ2n) is 9.98. The number of benzene rings is 1. The molecule has 0 bridgehead atoms. The molecule has 8 heteroatoms. The van der Waals surface area contributed by atoms with Crippen molar-refractivity contribution in [2.24, 2.45) is 0 Å². The maximum absolute atomic E-state index is 12.9. The number of piperazine rings is 1. The van der Waals surface area contributed by atoms with Gasteiger partial charge in [0.2, 0.25) is 0 Å². The molecule has 1 aromatic carbocycles. The number of hydrogen-bond acceptors (Lipinski definition) is 6. The molecule has 2 atom stereocenters. The highest BCUT2D eigenvalue weighted by Gasteiger charge is 2.35. The molecule has 1 N–H and O–H groups in total. The summed E-state index contributed by atoms with van der Waals surface area (Å²) in [7, 11) is 0. The van der Waals surface area contributed by atoms with Crippen LogP contribution >= 0.6 is 0 Å². The van der Waals surface area contributed by atoms with Gasteiger partial charge in [-0.25, -0.2) is 14.8 Å². The number of amides is 2. The quantitative estimate of drug-likeness (QED) is 0.784. The molecule has 1 aromatic heterocycles. The highest BCUT2D eigenvalue weighted by molar-refractivity contribution is 6.07. The van der Waals surface area contributed by atoms with Crippen LogP contribution in [-0.4, -0.2) is 63.7 Å². The maximum Gasteiger partial charge on any atom is 0.410 e. The van der Waals surface area contributed by atoms with Gasteiger partial charge in [0.1, 0.15) is 17.7 Å². The zero-order valence-corrected chi connectivity index (χ0v) is 19.6. The molecule has 1 aliphatic carbocycles. The third-order valence-corrected chi connectivity index (χ3v) is 6.21. The van der Waals surface area contributed by atoms with Gasteiger partial charge in [-0.2, -0.15) is 0 Å². The number of para-hydroxylation sites is 1. The van der Waals surface area contributed by atoms with Gasteiger partial charge in [0.25, 0.3) is 5.91 Å². The van der Waals surface area contributed by atoms with Crippen LogP contribution in [0, 0.1) is 0 Å². The van der Waals surface area contributed by atoms with Crippen molar-refractivity contribution >= 4 is 28.7 Å². The Morgan fingerprint density at radius 3 is 2.50 bits per heavy atom. The number of ether oxygens (including phenoxy) is 1. The smallest absolute Gasteiger partial charge is 0.410 e. The number of rotatable bonds is 3. The first kappa shape index (κ1) is 22.3. The lowest BCUT2D eigenvalue weighted by atomic mass is 9.93. The molecule has 0 unspecified atom stereocenters. The Balaban J connectivity index is 1.59. The summed E-state index contributed by atoms with van der Waals surface area (Å²) < 4.78 is 5.59. The number of anilines is 1. The zero-order valence-electron chi connectivity index (χ0n) is 19.6. The van der Waals surface area contributed by atoms with Gasteiger partial charge < -0.3 is 19.9 Å². The lowest BCUT2D eigenvalue weighted by molar-refractivity contribution is 0.0130. The number of aromatic nitrogens is 2. The van der Waals surface area contributed by atoms with Crippen LogP contribution in [0.1, 0.15) is 64.2 Å². The van der Waals surface area contributed by atoms with E-state index in [1.165, 1.54) is 6.33 Å². The molecule has 1 saturated heterocycles. The Hall–Kier alpha value is -2.90. The van der Waals surface area contributed by atoms with Crippen LogP contribution in [0.3, 0.4) is 0 Å². The summed E-state index contributed by atoms with van der Waals surface area (Å²) in [5.41, 5.74) is 0.700. The Labute approximate surface area is 189 Å². The number of fused-ring (bicyclic) bond motifs is 1. The molecular weight excluding hydrogens is 406 g/mol. The third kappa shape index (κ3) is 4.49. The van der Waals surface area contributed by atoms with E-state index < -0.39 is 5.60 Å². The Morgan fingerprint density at radius 1 is 1.09 bits per heavy atom. The van der Waals surface area contributed by atoms with Gasteiger partial charge >= 0.3 is 6.09 Å². The van der Waals surface area contributed by atoms with E-state index in [4.69, 9.17) is 4.74 Å². The van der Waals surface area contributed by atoms with Gasteiger partial charge in [-0.15, -0.1) is 0 Å². The summed E-state index contributed by atoms with van der Waals surface area (Å²) in [6.07, 6.45) is 4.47. The van der Waals surface area contributed by atoms with E-state index in [2.05, 4.69) is 27.1 Å². The summed E-state index contributed by atoms with van der Waals surface area (Å²) in [4.78, 5) is 38.5. The van der Waals surface area contributed by atoms with Crippen LogP contribution in [-0.2, 0) is 4.74 Å². The topological polar surface area (TPSA) is 87.7 Å². The second kappa shape index (κ2) is 8.56. The molecule has 4 rings (SSSR count). The molecule has 0 spiro atoms. The summed E-state index contributed by atoms with van der Waals surface area (Å²) in [6, 6.07) is 5.92. The third-order valence-electron chi connectivity index (χ3n) is 6.21. The highest BCUT2D eigenvalue weighted by Crippen LogP contribution is 2.30. The van der Waals surface area contributed by atoms with E-state index in [-0.39, 0.29) is 30.1 Å². The predicted molar refractivity (Wildman–Crippen MR) is 124 cm³/mol. The fourth-order valence-corrected chi connectivity index (χ4v) is 4.30. The van der Waals surface area contributed by atoms with Crippen molar-refractivity contribution in [3.05, 3.63) is 30.1 Å². The van der Waals surface area contributed by atoms with Crippen molar-refractivity contribution in [1.82, 2.24) is 20.2 Å². The molecule has 1 saturated carbocycles. The van der Waals surface area contributed by atoms with Crippen LogP contribution in [0.25, 0.3) is 10.9 Å². The maximum atomic E-state index is 12.9. The largest absolute Gasteiger partial charge is 0.444 e. The summed E-state index contributed by atoms with van der Waals surface area (Å²) in [5, 5.41) is 3.95. The van der Waals surface area contributed by atoms with E-state index in [9.17, 15) is 9.59 Å². The van der Waals surface area contributed by atoms with Gasteiger partial charge in [0.05, 0.1) is 11.1 Å². The van der Waals surface area contributed by atoms with E-state index >= 15 is 0 Å². The van der Waals surface area contributed by atoms with Gasteiger partial charge in [0, 0.05) is 36.6 Å². The minimum atomic E-state index is -0.531. The van der Waals surface area contributed by atoms with Crippen molar-refractivity contribution in [3.8, 4) is 0 Å². The number of nitrogens with zero attached hydrogens (tertiary/aromatic N) is 4. The molecule has 2 aromatic rings. The molecule has 2 amide bonds. The summed E-state index contributed by atoms with van der Waals surface area (Å²) >= 11 is 0. The SMILES string of the molecule is C[C@@H]1CN(c2ncnc3c(C(=O)NC4CCC4)cccc23)[C@@H](C)CN1C(=O)OC(C)(C)C. The van der Waals surface area contributed by atoms with E-state index in [1.807, 2.05) is 45.9 Å². The fraction of sp³-hybridized carbons (Fsp3) is 0.583. The van der Waals surface area contributed by atoms with Crippen LogP contribution in [0.2, 0.25) is 0 Å². The first-order valence-corrected chi connectivity index (χ1v) is 11.4. The highest BCUT2D eigenvalue weighted by atomic mass is 16.6. The molecule has 2 fully saturated rings. The lowest BCUT2D eigenvalue weighted by Crippen LogP contribution is -2.59. The van der Waals surface area contributed by atoms with Crippen LogP contribution < -0.4 is 10.2 Å². The van der Waals surface area contributed by atoms with Crippen molar-refractivity contribution in [2.45, 2.75) is 77.6 Å². The average molecular weight is 440 g/mol. The minimum absolute atomic E-state index is 0.0317. The minimum Gasteiger partial charge on any atom is -0.444 e. The molecule has 32 heavy (non-hydrogen) atoms. The number of nitrogens with one attached hydrogen (secondary N) is 1. The van der Waals surface area contributed by atoms with Crippen LogP contribution in [0.4, 0.5) is 10.6 Å². The number of carbonyl (C=O) groups excluding carboxylic acids is 2. The van der Waals surface area contributed by atoms with Crippen molar-refractivity contribution < 1.29 is 14.3 Å². The molecular formula is C24H33N5O3. The monoisotopic (exact) mass is 439 g/mol. The lowest BCUT2D eigenvalue weighted by Gasteiger charge is -2.44. The average Bonchev–Trinajstić information content (AvgIpc) is 2.69. The van der Waals surface area contributed by atoms with Crippen molar-refractivity contribution in [3.63, 3.8) is 0 Å². The first-order valence-electron chi connectivity index (χ1n) is 11.4. The number of hydrogen-bond donors (Lipinski definition) is 1. The molecule has 2 aliphatic rings. The second-order valence-corrected chi connectivity index (χ2v) is 9.98. The van der Waals surface area contributed by atoms with Gasteiger partial charge in [-0.1, -0.05) is 6.07 Å². The summed E-state index contributed by atoms with van der Waals surface area (Å²) in [5.74, 6) is 0.706. The Bertz CT molecular complexity index is 1010. The summed E-state index contributed by atoms with van der Waals surface area (Å²) in [6.45, 7) is 10.9. The first-order chi connectivity index (χ1) is 15.1. The van der Waals surface area contributed by atoms with E-state index in [1.54, 1.807) is 4.90 Å². The van der Waals surface area contributed by atoms with Gasteiger partial charge in [-0.3, -0.25) is 4.79 Å². The van der Waals surface area contributed by atoms with Crippen LogP contribution in [0.15, 0.2) is 24.5 Å². The molecule has 0 radical (unpaired) electrons. The van der Waals surface area contributed by atoms with Crippen LogP contribution in [0.5, 0.6) is 0 Å². The Kier molecular flexibility index (Phi) is 5.97. The molecule has 8 nitrogen and oxygen atoms in total. The van der Waals surface area contributed by atoms with Gasteiger partial charge in [-0.05, 0) is 66.0 Å². The molecule has 172 valence electrons. The zero-order chi connectivity index (χ0) is 23.0. The normalized spacial score (nSPS) is 21.9. The van der Waals surface area contributed by atoms with E-state index in [0.29, 0.717) is 24.2 Å². The van der Waals surface area contributed by atoms with Crippen molar-refractivity contribution in [1.29, 1.82) is 0 Å².